The van der Waals surface area contributed by atoms with Crippen molar-refractivity contribution in [2.45, 2.75) is 18.9 Å². The van der Waals surface area contributed by atoms with E-state index in [0.29, 0.717) is 38.5 Å². The van der Waals surface area contributed by atoms with E-state index in [-0.39, 0.29) is 24.4 Å². The second-order valence-electron chi connectivity index (χ2n) is 6.20. The summed E-state index contributed by atoms with van der Waals surface area (Å²) in [7, 11) is -3.38. The Morgan fingerprint density at radius 2 is 1.88 bits per heavy atom. The Morgan fingerprint density at radius 1 is 1.16 bits per heavy atom. The molecule has 1 unspecified atom stereocenters. The van der Waals surface area contributed by atoms with Gasteiger partial charge in [0.2, 0.25) is 10.0 Å². The largest absolute Gasteiger partial charge is 0.492 e. The molecule has 1 aromatic carbocycles. The van der Waals surface area contributed by atoms with Gasteiger partial charge in [0.15, 0.2) is 0 Å². The van der Waals surface area contributed by atoms with E-state index in [9.17, 15) is 13.2 Å². The van der Waals surface area contributed by atoms with Crippen LogP contribution in [-0.4, -0.2) is 74.8 Å². The monoisotopic (exact) mass is 368 g/mol. The van der Waals surface area contributed by atoms with Gasteiger partial charge in [-0.3, -0.25) is 4.79 Å². The van der Waals surface area contributed by atoms with Gasteiger partial charge in [-0.05, 0) is 25.0 Å². The van der Waals surface area contributed by atoms with E-state index in [4.69, 9.17) is 9.47 Å². The van der Waals surface area contributed by atoms with Crippen LogP contribution in [-0.2, 0) is 19.6 Å². The maximum atomic E-state index is 12.4. The maximum Gasteiger partial charge on any atom is 0.251 e. The van der Waals surface area contributed by atoms with Crippen molar-refractivity contribution in [1.29, 1.82) is 0 Å². The van der Waals surface area contributed by atoms with Gasteiger partial charge < -0.3 is 14.4 Å². The molecule has 1 atom stereocenters. The van der Waals surface area contributed by atoms with Gasteiger partial charge in [-0.25, -0.2) is 8.42 Å². The predicted octanol–water partition coefficient (Wildman–Crippen LogP) is 0.718. The number of nitrogens with zero attached hydrogens (tertiary/aromatic N) is 2. The molecule has 7 nitrogen and oxygen atoms in total. The quantitative estimate of drug-likeness (QED) is 0.739. The Labute approximate surface area is 148 Å². The van der Waals surface area contributed by atoms with Crippen LogP contribution in [0.2, 0.25) is 0 Å². The van der Waals surface area contributed by atoms with Gasteiger partial charge in [0.05, 0.1) is 5.75 Å². The number of rotatable bonds is 6. The van der Waals surface area contributed by atoms with Crippen LogP contribution in [0.3, 0.4) is 0 Å². The van der Waals surface area contributed by atoms with Crippen molar-refractivity contribution in [3.05, 3.63) is 30.3 Å². The summed E-state index contributed by atoms with van der Waals surface area (Å²) in [5.74, 6) is 0.577. The van der Waals surface area contributed by atoms with Crippen LogP contribution < -0.4 is 4.74 Å². The van der Waals surface area contributed by atoms with E-state index in [1.54, 1.807) is 17.0 Å². The van der Waals surface area contributed by atoms with E-state index >= 15 is 0 Å². The number of piperazine rings is 1. The molecule has 0 spiro atoms. The van der Waals surface area contributed by atoms with Crippen molar-refractivity contribution in [1.82, 2.24) is 9.21 Å². The molecule has 3 rings (SSSR count). The molecule has 2 saturated heterocycles. The molecule has 0 aromatic heterocycles. The number of benzene rings is 1. The first kappa shape index (κ1) is 18.2. The Hall–Kier alpha value is -1.64. The molecular weight excluding hydrogens is 344 g/mol. The van der Waals surface area contributed by atoms with Crippen LogP contribution in [0, 0.1) is 0 Å². The highest BCUT2D eigenvalue weighted by Crippen LogP contribution is 2.17. The highest BCUT2D eigenvalue weighted by Gasteiger charge is 2.33. The SMILES string of the molecule is O=C(C1CCCO1)N1CCN(S(=O)(=O)CCOc2ccccc2)CC1. The van der Waals surface area contributed by atoms with Crippen molar-refractivity contribution < 1.29 is 22.7 Å². The van der Waals surface area contributed by atoms with Crippen LogP contribution in [0.25, 0.3) is 0 Å². The van der Waals surface area contributed by atoms with Gasteiger partial charge in [0, 0.05) is 32.8 Å². The molecule has 0 aliphatic carbocycles. The predicted molar refractivity (Wildman–Crippen MR) is 92.9 cm³/mol. The molecule has 2 fully saturated rings. The molecule has 0 N–H and O–H groups in total. The Bertz CT molecular complexity index is 666. The van der Waals surface area contributed by atoms with Crippen molar-refractivity contribution in [2.24, 2.45) is 0 Å². The third-order valence-corrected chi connectivity index (χ3v) is 6.34. The summed E-state index contributed by atoms with van der Waals surface area (Å²) < 4.78 is 37.2. The molecule has 2 heterocycles. The third-order valence-electron chi connectivity index (χ3n) is 4.50. The number of hydrogen-bond acceptors (Lipinski definition) is 5. The van der Waals surface area contributed by atoms with E-state index in [0.717, 1.165) is 12.8 Å². The molecule has 1 amide bonds. The molecule has 0 bridgehead atoms. The maximum absolute atomic E-state index is 12.4. The van der Waals surface area contributed by atoms with Gasteiger partial charge in [0.1, 0.15) is 18.5 Å². The summed E-state index contributed by atoms with van der Waals surface area (Å²) in [4.78, 5) is 14.0. The normalized spacial score (nSPS) is 22.1. The number of ether oxygens (including phenoxy) is 2. The molecule has 25 heavy (non-hydrogen) atoms. The zero-order chi connectivity index (χ0) is 17.7. The fraction of sp³-hybridized carbons (Fsp3) is 0.588. The Kier molecular flexibility index (Phi) is 5.93. The lowest BCUT2D eigenvalue weighted by atomic mass is 10.2. The first-order valence-electron chi connectivity index (χ1n) is 8.62. The number of hydrogen-bond donors (Lipinski definition) is 0. The van der Waals surface area contributed by atoms with E-state index in [2.05, 4.69) is 0 Å². The fourth-order valence-electron chi connectivity index (χ4n) is 3.07. The summed E-state index contributed by atoms with van der Waals surface area (Å²) in [6.07, 6.45) is 1.32. The summed E-state index contributed by atoms with van der Waals surface area (Å²) in [5, 5.41) is 0. The molecule has 2 aliphatic rings. The topological polar surface area (TPSA) is 76.2 Å². The average Bonchev–Trinajstić information content (AvgIpc) is 3.17. The summed E-state index contributed by atoms with van der Waals surface area (Å²) in [6, 6.07) is 9.15. The molecule has 0 radical (unpaired) electrons. The Morgan fingerprint density at radius 3 is 2.52 bits per heavy atom. The average molecular weight is 368 g/mol. The second kappa shape index (κ2) is 8.16. The van der Waals surface area contributed by atoms with Crippen LogP contribution in [0.15, 0.2) is 30.3 Å². The molecule has 2 aliphatic heterocycles. The summed E-state index contributed by atoms with van der Waals surface area (Å²) in [6.45, 7) is 2.22. The van der Waals surface area contributed by atoms with Crippen LogP contribution in [0.5, 0.6) is 5.75 Å². The second-order valence-corrected chi connectivity index (χ2v) is 8.29. The lowest BCUT2D eigenvalue weighted by Crippen LogP contribution is -2.53. The standard InChI is InChI=1S/C17H24N2O5S/c20-17(16-7-4-12-24-16)18-8-10-19(11-9-18)25(21,22)14-13-23-15-5-2-1-3-6-15/h1-3,5-6,16H,4,7-14H2. The third kappa shape index (κ3) is 4.71. The van der Waals surface area contributed by atoms with Crippen molar-refractivity contribution in [2.75, 3.05) is 45.1 Å². The molecule has 0 saturated carbocycles. The molecule has 1 aromatic rings. The van der Waals surface area contributed by atoms with Gasteiger partial charge in [-0.2, -0.15) is 4.31 Å². The van der Waals surface area contributed by atoms with E-state index in [1.807, 2.05) is 18.2 Å². The van der Waals surface area contributed by atoms with Crippen molar-refractivity contribution in [3.63, 3.8) is 0 Å². The molecular formula is C17H24N2O5S. The number of carbonyl (C=O) groups is 1. The zero-order valence-electron chi connectivity index (χ0n) is 14.2. The first-order valence-corrected chi connectivity index (χ1v) is 10.2. The van der Waals surface area contributed by atoms with Gasteiger partial charge >= 0.3 is 0 Å². The Balaban J connectivity index is 1.45. The fourth-order valence-corrected chi connectivity index (χ4v) is 4.35. The van der Waals surface area contributed by atoms with Gasteiger partial charge in [-0.15, -0.1) is 0 Å². The number of carbonyl (C=O) groups excluding carboxylic acids is 1. The van der Waals surface area contributed by atoms with Gasteiger partial charge in [0.25, 0.3) is 5.91 Å². The highest BCUT2D eigenvalue weighted by atomic mass is 32.2. The molecule has 138 valence electrons. The van der Waals surface area contributed by atoms with Crippen LogP contribution >= 0.6 is 0 Å². The number of amides is 1. The minimum absolute atomic E-state index is 0.0121. The lowest BCUT2D eigenvalue weighted by Gasteiger charge is -2.35. The minimum atomic E-state index is -3.38. The van der Waals surface area contributed by atoms with Gasteiger partial charge in [-0.1, -0.05) is 18.2 Å². The molecule has 8 heteroatoms. The first-order chi connectivity index (χ1) is 12.1. The van der Waals surface area contributed by atoms with Crippen molar-refractivity contribution in [3.8, 4) is 5.75 Å². The zero-order valence-corrected chi connectivity index (χ0v) is 15.0. The highest BCUT2D eigenvalue weighted by molar-refractivity contribution is 7.89. The van der Waals surface area contributed by atoms with Crippen LogP contribution in [0.4, 0.5) is 0 Å². The summed E-state index contributed by atoms with van der Waals surface area (Å²) in [5.41, 5.74) is 0. The van der Waals surface area contributed by atoms with Crippen molar-refractivity contribution >= 4 is 15.9 Å². The van der Waals surface area contributed by atoms with E-state index in [1.165, 1.54) is 4.31 Å². The lowest BCUT2D eigenvalue weighted by molar-refractivity contribution is -0.142. The number of sulfonamides is 1. The smallest absolute Gasteiger partial charge is 0.251 e. The van der Waals surface area contributed by atoms with Crippen LogP contribution in [0.1, 0.15) is 12.8 Å². The summed E-state index contributed by atoms with van der Waals surface area (Å²) >= 11 is 0. The number of para-hydroxylation sites is 1. The van der Waals surface area contributed by atoms with E-state index < -0.39 is 10.0 Å². The minimum Gasteiger partial charge on any atom is -0.492 e.